The zero-order valence-electron chi connectivity index (χ0n) is 15.3. The van der Waals surface area contributed by atoms with Gasteiger partial charge in [-0.25, -0.2) is 13.8 Å². The number of rotatable bonds is 6. The first-order chi connectivity index (χ1) is 13.8. The quantitative estimate of drug-likeness (QED) is 0.420. The van der Waals surface area contributed by atoms with Crippen LogP contribution < -0.4 is 10.1 Å². The van der Waals surface area contributed by atoms with Gasteiger partial charge >= 0.3 is 0 Å². The number of hydrogen-bond donors (Lipinski definition) is 2. The molecule has 0 atom stereocenters. The van der Waals surface area contributed by atoms with Gasteiger partial charge in [-0.1, -0.05) is 22.0 Å². The van der Waals surface area contributed by atoms with Gasteiger partial charge in [0.15, 0.2) is 0 Å². The van der Waals surface area contributed by atoms with Crippen molar-refractivity contribution in [2.45, 2.75) is 11.8 Å². The lowest BCUT2D eigenvalue weighted by Gasteiger charge is -2.09. The van der Waals surface area contributed by atoms with E-state index in [0.717, 1.165) is 10.0 Å². The fourth-order valence-electron chi connectivity index (χ4n) is 2.36. The number of halogens is 1. The van der Waals surface area contributed by atoms with Gasteiger partial charge in [0.1, 0.15) is 0 Å². The Hall–Kier alpha value is -3.04. The van der Waals surface area contributed by atoms with E-state index >= 15 is 0 Å². The number of hydrogen-bond acceptors (Lipinski definition) is 5. The molecular formula is C20H17BrN4O3S. The lowest BCUT2D eigenvalue weighted by atomic mass is 10.2. The number of nitrogens with zero attached hydrogens (tertiary/aromatic N) is 2. The molecule has 29 heavy (non-hydrogen) atoms. The first kappa shape index (κ1) is 20.7. The highest BCUT2D eigenvalue weighted by atomic mass is 79.9. The molecule has 0 unspecified atom stereocenters. The smallest absolute Gasteiger partial charge is 0.271 e. The fourth-order valence-corrected chi connectivity index (χ4v) is 3.68. The minimum atomic E-state index is -3.71. The molecule has 148 valence electrons. The number of nitrogens with one attached hydrogen (secondary N) is 2. The molecular weight excluding hydrogens is 456 g/mol. The second kappa shape index (κ2) is 8.97. The molecule has 1 amide bonds. The molecule has 0 aliphatic heterocycles. The predicted octanol–water partition coefficient (Wildman–Crippen LogP) is 3.80. The van der Waals surface area contributed by atoms with E-state index in [9.17, 15) is 13.2 Å². The molecule has 9 heteroatoms. The van der Waals surface area contributed by atoms with Crippen molar-refractivity contribution < 1.29 is 13.2 Å². The van der Waals surface area contributed by atoms with E-state index in [1.54, 1.807) is 37.5 Å². The number of aromatic nitrogens is 1. The molecule has 1 heterocycles. The van der Waals surface area contributed by atoms with E-state index in [2.05, 4.69) is 36.2 Å². The number of carbonyl (C=O) groups is 1. The summed E-state index contributed by atoms with van der Waals surface area (Å²) in [5.74, 6) is -0.407. The highest BCUT2D eigenvalue weighted by Gasteiger charge is 2.14. The third kappa shape index (κ3) is 5.49. The number of sulfonamides is 1. The monoisotopic (exact) mass is 472 g/mol. The van der Waals surface area contributed by atoms with Crippen LogP contribution in [-0.4, -0.2) is 25.0 Å². The van der Waals surface area contributed by atoms with Crippen molar-refractivity contribution >= 4 is 43.3 Å². The second-order valence-corrected chi connectivity index (χ2v) is 8.61. The van der Waals surface area contributed by atoms with Gasteiger partial charge in [-0.15, -0.1) is 0 Å². The SMILES string of the molecule is C/C(=N\NC(=O)c1ccc(NS(=O)(=O)c2ccc(Br)cc2)cc1)c1cccnc1. The molecule has 7 nitrogen and oxygen atoms in total. The van der Waals surface area contributed by atoms with Gasteiger partial charge in [0.05, 0.1) is 10.6 Å². The average Bonchev–Trinajstić information content (AvgIpc) is 2.73. The van der Waals surface area contributed by atoms with E-state index in [-0.39, 0.29) is 4.90 Å². The maximum absolute atomic E-state index is 12.4. The summed E-state index contributed by atoms with van der Waals surface area (Å²) in [6.07, 6.45) is 3.30. The molecule has 0 aliphatic carbocycles. The second-order valence-electron chi connectivity index (χ2n) is 6.02. The summed E-state index contributed by atoms with van der Waals surface area (Å²) in [5.41, 5.74) is 4.58. The number of pyridine rings is 1. The van der Waals surface area contributed by atoms with Crippen LogP contribution in [0.4, 0.5) is 5.69 Å². The van der Waals surface area contributed by atoms with Crippen LogP contribution in [0.25, 0.3) is 0 Å². The predicted molar refractivity (Wildman–Crippen MR) is 115 cm³/mol. The van der Waals surface area contributed by atoms with Crippen molar-refractivity contribution in [2.24, 2.45) is 5.10 Å². The Morgan fingerprint density at radius 3 is 2.31 bits per heavy atom. The Morgan fingerprint density at radius 2 is 1.69 bits per heavy atom. The summed E-state index contributed by atoms with van der Waals surface area (Å²) in [6.45, 7) is 1.76. The Balaban J connectivity index is 1.66. The van der Waals surface area contributed by atoms with Crippen LogP contribution in [0.5, 0.6) is 0 Å². The van der Waals surface area contributed by atoms with Gasteiger partial charge in [-0.3, -0.25) is 14.5 Å². The Labute approximate surface area is 177 Å². The lowest BCUT2D eigenvalue weighted by molar-refractivity contribution is 0.0955. The Morgan fingerprint density at radius 1 is 1.00 bits per heavy atom. The Kier molecular flexibility index (Phi) is 6.40. The molecule has 2 aromatic carbocycles. The van der Waals surface area contributed by atoms with E-state index in [0.29, 0.717) is 17.0 Å². The molecule has 0 saturated heterocycles. The lowest BCUT2D eigenvalue weighted by Crippen LogP contribution is -2.19. The molecule has 0 radical (unpaired) electrons. The van der Waals surface area contributed by atoms with Gasteiger partial charge in [-0.05, 0) is 61.5 Å². The van der Waals surface area contributed by atoms with Crippen LogP contribution in [0.15, 0.2) is 87.5 Å². The molecule has 3 rings (SSSR count). The normalized spacial score (nSPS) is 11.7. The minimum Gasteiger partial charge on any atom is -0.280 e. The van der Waals surface area contributed by atoms with Crippen LogP contribution in [0.2, 0.25) is 0 Å². The zero-order valence-corrected chi connectivity index (χ0v) is 17.7. The number of carbonyl (C=O) groups excluding carboxylic acids is 1. The summed E-state index contributed by atoms with van der Waals surface area (Å²) < 4.78 is 28.1. The van der Waals surface area contributed by atoms with Crippen molar-refractivity contribution in [3.63, 3.8) is 0 Å². The number of amides is 1. The third-order valence-electron chi connectivity index (χ3n) is 3.93. The van der Waals surface area contributed by atoms with Crippen molar-refractivity contribution in [2.75, 3.05) is 4.72 Å². The average molecular weight is 473 g/mol. The molecule has 0 saturated carbocycles. The largest absolute Gasteiger partial charge is 0.280 e. The molecule has 1 aromatic heterocycles. The standard InChI is InChI=1S/C20H17BrN4O3S/c1-14(16-3-2-12-22-13-16)23-24-20(26)15-4-8-18(9-5-15)25-29(27,28)19-10-6-17(21)7-11-19/h2-13,25H,1H3,(H,24,26)/b23-14+. The summed E-state index contributed by atoms with van der Waals surface area (Å²) >= 11 is 3.27. The molecule has 2 N–H and O–H groups in total. The Bertz CT molecular complexity index is 1130. The summed E-state index contributed by atoms with van der Waals surface area (Å²) in [5, 5.41) is 4.06. The summed E-state index contributed by atoms with van der Waals surface area (Å²) in [4.78, 5) is 16.4. The first-order valence-corrected chi connectivity index (χ1v) is 10.8. The van der Waals surface area contributed by atoms with Gasteiger partial charge in [0.2, 0.25) is 0 Å². The van der Waals surface area contributed by atoms with Crippen molar-refractivity contribution in [1.29, 1.82) is 0 Å². The number of anilines is 1. The fraction of sp³-hybridized carbons (Fsp3) is 0.0500. The number of hydrazone groups is 1. The topological polar surface area (TPSA) is 101 Å². The van der Waals surface area contributed by atoms with E-state index < -0.39 is 15.9 Å². The van der Waals surface area contributed by atoms with Crippen LogP contribution in [0, 0.1) is 0 Å². The van der Waals surface area contributed by atoms with E-state index in [4.69, 9.17) is 0 Å². The van der Waals surface area contributed by atoms with E-state index in [1.807, 2.05) is 6.07 Å². The molecule has 0 spiro atoms. The highest BCUT2D eigenvalue weighted by molar-refractivity contribution is 9.10. The maximum Gasteiger partial charge on any atom is 0.271 e. The van der Waals surface area contributed by atoms with Gasteiger partial charge < -0.3 is 0 Å². The summed E-state index contributed by atoms with van der Waals surface area (Å²) in [7, 11) is -3.71. The maximum atomic E-state index is 12.4. The van der Waals surface area contributed by atoms with E-state index in [1.165, 1.54) is 36.4 Å². The van der Waals surface area contributed by atoms with Crippen LogP contribution in [0.3, 0.4) is 0 Å². The van der Waals surface area contributed by atoms with Gasteiger partial charge in [0.25, 0.3) is 15.9 Å². The molecule has 0 bridgehead atoms. The van der Waals surface area contributed by atoms with Crippen molar-refractivity contribution in [3.05, 3.63) is 88.7 Å². The van der Waals surface area contributed by atoms with Crippen molar-refractivity contribution in [1.82, 2.24) is 10.4 Å². The van der Waals surface area contributed by atoms with Crippen molar-refractivity contribution in [3.8, 4) is 0 Å². The molecule has 0 fully saturated rings. The zero-order chi connectivity index (χ0) is 20.9. The van der Waals surface area contributed by atoms with Crippen LogP contribution in [0.1, 0.15) is 22.8 Å². The summed E-state index contributed by atoms with van der Waals surface area (Å²) in [6, 6.07) is 16.0. The van der Waals surface area contributed by atoms with Gasteiger partial charge in [-0.2, -0.15) is 5.10 Å². The van der Waals surface area contributed by atoms with Crippen LogP contribution in [-0.2, 0) is 10.0 Å². The molecule has 3 aromatic rings. The van der Waals surface area contributed by atoms with Gasteiger partial charge in [0, 0.05) is 33.7 Å². The molecule has 0 aliphatic rings. The number of benzene rings is 2. The van der Waals surface area contributed by atoms with Crippen LogP contribution >= 0.6 is 15.9 Å². The minimum absolute atomic E-state index is 0.141. The first-order valence-electron chi connectivity index (χ1n) is 8.49. The highest BCUT2D eigenvalue weighted by Crippen LogP contribution is 2.19. The third-order valence-corrected chi connectivity index (χ3v) is 5.85.